The van der Waals surface area contributed by atoms with Crippen LogP contribution >= 0.6 is 0 Å². The second-order valence-electron chi connectivity index (χ2n) is 8.40. The van der Waals surface area contributed by atoms with Crippen LogP contribution in [0.5, 0.6) is 5.75 Å². The Bertz CT molecular complexity index is 1010. The summed E-state index contributed by atoms with van der Waals surface area (Å²) in [6.07, 6.45) is 11.0. The number of pyridine rings is 2. The second-order valence-corrected chi connectivity index (χ2v) is 8.40. The van der Waals surface area contributed by atoms with Gasteiger partial charge in [-0.3, -0.25) is 4.98 Å². The quantitative estimate of drug-likeness (QED) is 0.561. The molecule has 0 amide bonds. The van der Waals surface area contributed by atoms with Crippen molar-refractivity contribution >= 4 is 10.9 Å². The van der Waals surface area contributed by atoms with E-state index in [0.29, 0.717) is 0 Å². The summed E-state index contributed by atoms with van der Waals surface area (Å²) in [5, 5.41) is 1.30. The van der Waals surface area contributed by atoms with E-state index in [2.05, 4.69) is 35.0 Å². The number of aryl methyl sites for hydroxylation is 2. The minimum Gasteiger partial charge on any atom is -0.493 e. The number of rotatable bonds is 6. The van der Waals surface area contributed by atoms with Crippen molar-refractivity contribution in [3.63, 3.8) is 0 Å². The van der Waals surface area contributed by atoms with Crippen LogP contribution in [0.3, 0.4) is 0 Å². The van der Waals surface area contributed by atoms with Gasteiger partial charge in [-0.05, 0) is 93.4 Å². The fourth-order valence-electron chi connectivity index (χ4n) is 4.88. The van der Waals surface area contributed by atoms with Gasteiger partial charge in [0.05, 0.1) is 17.8 Å². The molecule has 0 atom stereocenters. The van der Waals surface area contributed by atoms with Crippen LogP contribution < -0.4 is 4.74 Å². The molecule has 0 bridgehead atoms. The molecule has 4 heteroatoms. The summed E-state index contributed by atoms with van der Waals surface area (Å²) in [4.78, 5) is 11.9. The van der Waals surface area contributed by atoms with Gasteiger partial charge in [-0.2, -0.15) is 0 Å². The average Bonchev–Trinajstić information content (AvgIpc) is 3.44. The molecule has 0 N–H and O–H groups in total. The lowest BCUT2D eigenvalue weighted by Crippen LogP contribution is -2.21. The van der Waals surface area contributed by atoms with Crippen LogP contribution in [0.1, 0.15) is 42.4 Å². The molecule has 3 heterocycles. The second kappa shape index (κ2) is 8.11. The van der Waals surface area contributed by atoms with E-state index in [4.69, 9.17) is 9.72 Å². The topological polar surface area (TPSA) is 38.3 Å². The van der Waals surface area contributed by atoms with Gasteiger partial charge < -0.3 is 9.64 Å². The molecule has 2 aromatic heterocycles. The molecule has 0 saturated carbocycles. The summed E-state index contributed by atoms with van der Waals surface area (Å²) in [6, 6.07) is 8.55. The number of hydrogen-bond donors (Lipinski definition) is 0. The Balaban J connectivity index is 1.43. The summed E-state index contributed by atoms with van der Waals surface area (Å²) < 4.78 is 6.19. The smallest absolute Gasteiger partial charge is 0.124 e. The van der Waals surface area contributed by atoms with Crippen molar-refractivity contribution in [1.82, 2.24) is 14.9 Å². The van der Waals surface area contributed by atoms with Crippen LogP contribution in [0.25, 0.3) is 22.2 Å². The number of ether oxygens (including phenoxy) is 1. The number of aromatic nitrogens is 2. The van der Waals surface area contributed by atoms with Crippen LogP contribution in [-0.2, 0) is 12.8 Å². The van der Waals surface area contributed by atoms with Crippen molar-refractivity contribution in [2.75, 3.05) is 26.2 Å². The molecule has 3 aromatic rings. The highest BCUT2D eigenvalue weighted by Gasteiger charge is 2.21. The third-order valence-corrected chi connectivity index (χ3v) is 6.36. The summed E-state index contributed by atoms with van der Waals surface area (Å²) in [5.74, 6) is 0.974. The van der Waals surface area contributed by atoms with E-state index in [-0.39, 0.29) is 0 Å². The number of fused-ring (bicyclic) bond motifs is 3. The summed E-state index contributed by atoms with van der Waals surface area (Å²) >= 11 is 0. The molecular formula is C25H29N3O. The fraction of sp³-hybridized carbons (Fsp3) is 0.440. The van der Waals surface area contributed by atoms with Crippen molar-refractivity contribution in [3.8, 4) is 17.0 Å². The Kier molecular flexibility index (Phi) is 5.19. The monoisotopic (exact) mass is 387 g/mol. The van der Waals surface area contributed by atoms with Crippen LogP contribution in [0, 0.1) is 6.92 Å². The largest absolute Gasteiger partial charge is 0.493 e. The first kappa shape index (κ1) is 18.6. The van der Waals surface area contributed by atoms with Crippen molar-refractivity contribution in [2.24, 2.45) is 0 Å². The van der Waals surface area contributed by atoms with Gasteiger partial charge in [0, 0.05) is 36.0 Å². The van der Waals surface area contributed by atoms with Gasteiger partial charge in [0.2, 0.25) is 0 Å². The van der Waals surface area contributed by atoms with Gasteiger partial charge in [-0.25, -0.2) is 4.98 Å². The Morgan fingerprint density at radius 1 is 1.07 bits per heavy atom. The molecule has 1 fully saturated rings. The first-order valence-electron chi connectivity index (χ1n) is 11.0. The van der Waals surface area contributed by atoms with Gasteiger partial charge in [-0.15, -0.1) is 0 Å². The number of benzene rings is 1. The maximum absolute atomic E-state index is 6.19. The van der Waals surface area contributed by atoms with Gasteiger partial charge in [0.15, 0.2) is 0 Å². The Morgan fingerprint density at radius 2 is 1.93 bits per heavy atom. The lowest BCUT2D eigenvalue weighted by molar-refractivity contribution is 0.262. The number of likely N-dealkylation sites (tertiary alicyclic amines) is 1. The third kappa shape index (κ3) is 3.74. The normalized spacial score (nSPS) is 16.4. The zero-order chi connectivity index (χ0) is 19.6. The molecule has 150 valence electrons. The van der Waals surface area contributed by atoms with Crippen LogP contribution in [0.15, 0.2) is 36.7 Å². The Morgan fingerprint density at radius 3 is 2.76 bits per heavy atom. The zero-order valence-corrected chi connectivity index (χ0v) is 17.3. The highest BCUT2D eigenvalue weighted by molar-refractivity contribution is 5.89. The number of nitrogens with zero attached hydrogens (tertiary/aromatic N) is 3. The Hall–Kier alpha value is -2.46. The molecule has 2 aliphatic rings. The fourth-order valence-corrected chi connectivity index (χ4v) is 4.88. The molecule has 5 rings (SSSR count). The Labute approximate surface area is 172 Å². The molecule has 0 radical (unpaired) electrons. The first-order valence-corrected chi connectivity index (χ1v) is 11.0. The summed E-state index contributed by atoms with van der Waals surface area (Å²) in [5.41, 5.74) is 7.35. The highest BCUT2D eigenvalue weighted by atomic mass is 16.5. The van der Waals surface area contributed by atoms with Gasteiger partial charge in [-0.1, -0.05) is 0 Å². The van der Waals surface area contributed by atoms with E-state index < -0.39 is 0 Å². The van der Waals surface area contributed by atoms with E-state index in [1.807, 2.05) is 18.5 Å². The van der Waals surface area contributed by atoms with Gasteiger partial charge in [0.25, 0.3) is 0 Å². The molecule has 1 aromatic carbocycles. The van der Waals surface area contributed by atoms with Gasteiger partial charge >= 0.3 is 0 Å². The van der Waals surface area contributed by atoms with E-state index in [1.54, 1.807) is 0 Å². The molecule has 0 spiro atoms. The predicted molar refractivity (Wildman–Crippen MR) is 118 cm³/mol. The standard InChI is InChI=1S/C25H29N3O/c1-18-15-22-20-8-4-9-21(20)25(19-7-5-10-26-17-19)27-23(22)16-24(18)29-14-6-13-28-11-2-3-12-28/h5,7,10,15-17H,2-4,6,8-9,11-14H2,1H3. The molecule has 1 aliphatic carbocycles. The van der Waals surface area contributed by atoms with E-state index in [9.17, 15) is 0 Å². The van der Waals surface area contributed by atoms with Crippen LogP contribution in [0.4, 0.5) is 0 Å². The lowest BCUT2D eigenvalue weighted by Gasteiger charge is -2.16. The average molecular weight is 388 g/mol. The maximum atomic E-state index is 6.19. The van der Waals surface area contributed by atoms with Gasteiger partial charge in [0.1, 0.15) is 5.75 Å². The minimum atomic E-state index is 0.767. The van der Waals surface area contributed by atoms with Crippen LogP contribution in [0.2, 0.25) is 0 Å². The zero-order valence-electron chi connectivity index (χ0n) is 17.3. The van der Waals surface area contributed by atoms with Crippen LogP contribution in [-0.4, -0.2) is 41.1 Å². The molecule has 29 heavy (non-hydrogen) atoms. The maximum Gasteiger partial charge on any atom is 0.124 e. The molecular weight excluding hydrogens is 358 g/mol. The van der Waals surface area contributed by atoms with E-state index >= 15 is 0 Å². The third-order valence-electron chi connectivity index (χ3n) is 6.36. The van der Waals surface area contributed by atoms with E-state index in [1.165, 1.54) is 54.4 Å². The van der Waals surface area contributed by atoms with Crippen molar-refractivity contribution in [2.45, 2.75) is 45.4 Å². The summed E-state index contributed by atoms with van der Waals surface area (Å²) in [7, 11) is 0. The van der Waals surface area contributed by atoms with Crippen molar-refractivity contribution < 1.29 is 4.74 Å². The first-order chi connectivity index (χ1) is 14.3. The van der Waals surface area contributed by atoms with Crippen molar-refractivity contribution in [1.29, 1.82) is 0 Å². The molecule has 1 saturated heterocycles. The molecule has 4 nitrogen and oxygen atoms in total. The van der Waals surface area contributed by atoms with Crippen molar-refractivity contribution in [3.05, 3.63) is 53.3 Å². The lowest BCUT2D eigenvalue weighted by atomic mass is 9.98. The molecule has 1 aliphatic heterocycles. The minimum absolute atomic E-state index is 0.767. The molecule has 0 unspecified atom stereocenters. The SMILES string of the molecule is Cc1cc2c3c(c(-c4cccnc4)nc2cc1OCCCN1CCCC1)CCC3. The summed E-state index contributed by atoms with van der Waals surface area (Å²) in [6.45, 7) is 6.57. The number of hydrogen-bond acceptors (Lipinski definition) is 4. The van der Waals surface area contributed by atoms with E-state index in [0.717, 1.165) is 54.9 Å². The predicted octanol–water partition coefficient (Wildman–Crippen LogP) is 4.96. The highest BCUT2D eigenvalue weighted by Crippen LogP contribution is 2.37.